The van der Waals surface area contributed by atoms with Crippen LogP contribution in [0, 0.1) is 30.1 Å². The maximum atomic E-state index is 5.57. The molecule has 1 fully saturated rings. The standard InChI is InChI=1S/C14H25N/c1-5-14(15-6-2)13-9-7-12(8-10-13)11(3)4/h1,11-15H,6-10H2,2-4H3. The lowest BCUT2D eigenvalue weighted by molar-refractivity contribution is 0.206. The van der Waals surface area contributed by atoms with Gasteiger partial charge >= 0.3 is 0 Å². The Balaban J connectivity index is 2.39. The molecular formula is C14H25N. The van der Waals surface area contributed by atoms with Gasteiger partial charge in [0, 0.05) is 0 Å². The average Bonchev–Trinajstić information content (AvgIpc) is 2.26. The van der Waals surface area contributed by atoms with E-state index in [9.17, 15) is 0 Å². The molecule has 1 saturated carbocycles. The molecule has 86 valence electrons. The van der Waals surface area contributed by atoms with Crippen molar-refractivity contribution in [2.45, 2.75) is 52.5 Å². The number of rotatable bonds is 4. The minimum Gasteiger partial charge on any atom is -0.304 e. The molecule has 1 N–H and O–H groups in total. The van der Waals surface area contributed by atoms with Gasteiger partial charge in [-0.2, -0.15) is 0 Å². The van der Waals surface area contributed by atoms with Crippen molar-refractivity contribution in [3.05, 3.63) is 0 Å². The predicted octanol–water partition coefficient (Wildman–Crippen LogP) is 3.06. The highest BCUT2D eigenvalue weighted by Crippen LogP contribution is 2.34. The zero-order valence-electron chi connectivity index (χ0n) is 10.4. The molecule has 1 aliphatic rings. The maximum Gasteiger partial charge on any atom is 0.0715 e. The van der Waals surface area contributed by atoms with Gasteiger partial charge in [0.1, 0.15) is 0 Å². The third-order valence-electron chi connectivity index (χ3n) is 3.83. The van der Waals surface area contributed by atoms with Gasteiger partial charge in [0.2, 0.25) is 0 Å². The first-order chi connectivity index (χ1) is 7.19. The number of terminal acetylenes is 1. The molecule has 0 aromatic rings. The SMILES string of the molecule is C#CC(NCC)C1CCC(C(C)C)CC1. The molecule has 0 heterocycles. The quantitative estimate of drug-likeness (QED) is 0.699. The van der Waals surface area contributed by atoms with Crippen molar-refractivity contribution in [2.75, 3.05) is 6.54 Å². The second-order valence-electron chi connectivity index (χ2n) is 5.12. The van der Waals surface area contributed by atoms with Crippen molar-refractivity contribution in [3.8, 4) is 12.3 Å². The Morgan fingerprint density at radius 2 is 1.73 bits per heavy atom. The fourth-order valence-electron chi connectivity index (χ4n) is 2.73. The molecule has 1 aliphatic carbocycles. The molecule has 0 aromatic carbocycles. The average molecular weight is 207 g/mol. The Morgan fingerprint density at radius 3 is 2.13 bits per heavy atom. The summed E-state index contributed by atoms with van der Waals surface area (Å²) < 4.78 is 0. The van der Waals surface area contributed by atoms with Crippen LogP contribution in [0.4, 0.5) is 0 Å². The molecule has 1 heteroatoms. The summed E-state index contributed by atoms with van der Waals surface area (Å²) in [7, 11) is 0. The summed E-state index contributed by atoms with van der Waals surface area (Å²) in [5.41, 5.74) is 0. The van der Waals surface area contributed by atoms with Crippen LogP contribution in [0.25, 0.3) is 0 Å². The first-order valence-electron chi connectivity index (χ1n) is 6.38. The Morgan fingerprint density at radius 1 is 1.20 bits per heavy atom. The molecule has 0 saturated heterocycles. The van der Waals surface area contributed by atoms with E-state index < -0.39 is 0 Å². The molecule has 0 aromatic heterocycles. The lowest BCUT2D eigenvalue weighted by Gasteiger charge is -2.33. The third-order valence-corrected chi connectivity index (χ3v) is 3.83. The molecule has 1 atom stereocenters. The van der Waals surface area contributed by atoms with E-state index in [0.29, 0.717) is 12.0 Å². The van der Waals surface area contributed by atoms with Crippen molar-refractivity contribution in [1.82, 2.24) is 5.32 Å². The Bertz CT molecular complexity index is 206. The monoisotopic (exact) mass is 207 g/mol. The molecular weight excluding hydrogens is 182 g/mol. The number of hydrogen-bond donors (Lipinski definition) is 1. The highest BCUT2D eigenvalue weighted by atomic mass is 14.9. The van der Waals surface area contributed by atoms with Gasteiger partial charge in [0.05, 0.1) is 6.04 Å². The summed E-state index contributed by atoms with van der Waals surface area (Å²) in [4.78, 5) is 0. The summed E-state index contributed by atoms with van der Waals surface area (Å²) in [6.07, 6.45) is 10.9. The van der Waals surface area contributed by atoms with Gasteiger partial charge in [-0.05, 0) is 50.0 Å². The van der Waals surface area contributed by atoms with Crippen LogP contribution in [0.1, 0.15) is 46.5 Å². The van der Waals surface area contributed by atoms with Crippen LogP contribution in [0.3, 0.4) is 0 Å². The molecule has 0 amide bonds. The van der Waals surface area contributed by atoms with E-state index in [4.69, 9.17) is 6.42 Å². The zero-order chi connectivity index (χ0) is 11.3. The van der Waals surface area contributed by atoms with Crippen molar-refractivity contribution in [1.29, 1.82) is 0 Å². The van der Waals surface area contributed by atoms with Gasteiger partial charge in [0.25, 0.3) is 0 Å². The van der Waals surface area contributed by atoms with E-state index >= 15 is 0 Å². The van der Waals surface area contributed by atoms with Crippen LogP contribution in [-0.2, 0) is 0 Å². The maximum absolute atomic E-state index is 5.57. The topological polar surface area (TPSA) is 12.0 Å². The molecule has 0 radical (unpaired) electrons. The molecule has 1 unspecified atom stereocenters. The highest BCUT2D eigenvalue weighted by Gasteiger charge is 2.27. The van der Waals surface area contributed by atoms with E-state index in [1.54, 1.807) is 0 Å². The number of nitrogens with one attached hydrogen (secondary N) is 1. The molecule has 0 bridgehead atoms. The van der Waals surface area contributed by atoms with Gasteiger partial charge in [-0.1, -0.05) is 26.7 Å². The summed E-state index contributed by atoms with van der Waals surface area (Å²) in [5, 5.41) is 3.41. The van der Waals surface area contributed by atoms with Crippen LogP contribution < -0.4 is 5.32 Å². The van der Waals surface area contributed by atoms with Crippen molar-refractivity contribution in [2.24, 2.45) is 17.8 Å². The minimum absolute atomic E-state index is 0.308. The van der Waals surface area contributed by atoms with Crippen LogP contribution in [0.5, 0.6) is 0 Å². The predicted molar refractivity (Wildman–Crippen MR) is 66.6 cm³/mol. The largest absolute Gasteiger partial charge is 0.304 e. The second kappa shape index (κ2) is 6.18. The van der Waals surface area contributed by atoms with E-state index in [1.165, 1.54) is 25.7 Å². The van der Waals surface area contributed by atoms with Crippen LogP contribution in [-0.4, -0.2) is 12.6 Å². The molecule has 15 heavy (non-hydrogen) atoms. The second-order valence-corrected chi connectivity index (χ2v) is 5.12. The van der Waals surface area contributed by atoms with Gasteiger partial charge in [-0.25, -0.2) is 0 Å². The lowest BCUT2D eigenvalue weighted by atomic mass is 9.74. The van der Waals surface area contributed by atoms with Crippen molar-refractivity contribution >= 4 is 0 Å². The summed E-state index contributed by atoms with van der Waals surface area (Å²) in [6.45, 7) is 7.80. The fraction of sp³-hybridized carbons (Fsp3) is 0.857. The van der Waals surface area contributed by atoms with E-state index in [-0.39, 0.29) is 0 Å². The van der Waals surface area contributed by atoms with Gasteiger partial charge in [-0.3, -0.25) is 0 Å². The summed E-state index contributed by atoms with van der Waals surface area (Å²) in [5.74, 6) is 5.39. The van der Waals surface area contributed by atoms with Crippen LogP contribution in [0.15, 0.2) is 0 Å². The first-order valence-corrected chi connectivity index (χ1v) is 6.38. The van der Waals surface area contributed by atoms with E-state index in [2.05, 4.69) is 32.0 Å². The summed E-state index contributed by atoms with van der Waals surface area (Å²) in [6, 6.07) is 0.308. The van der Waals surface area contributed by atoms with Crippen LogP contribution >= 0.6 is 0 Å². The van der Waals surface area contributed by atoms with Crippen molar-refractivity contribution < 1.29 is 0 Å². The van der Waals surface area contributed by atoms with Crippen LogP contribution in [0.2, 0.25) is 0 Å². The third kappa shape index (κ3) is 3.54. The lowest BCUT2D eigenvalue weighted by Crippen LogP contribution is -2.37. The first kappa shape index (κ1) is 12.6. The highest BCUT2D eigenvalue weighted by molar-refractivity contribution is 5.03. The minimum atomic E-state index is 0.308. The van der Waals surface area contributed by atoms with Gasteiger partial charge in [0.15, 0.2) is 0 Å². The molecule has 0 aliphatic heterocycles. The van der Waals surface area contributed by atoms with E-state index in [0.717, 1.165) is 18.4 Å². The molecule has 0 spiro atoms. The normalized spacial score (nSPS) is 28.7. The van der Waals surface area contributed by atoms with E-state index in [1.807, 2.05) is 0 Å². The van der Waals surface area contributed by atoms with Crippen molar-refractivity contribution in [3.63, 3.8) is 0 Å². The Kier molecular flexibility index (Phi) is 5.19. The molecule has 1 rings (SSSR count). The Hall–Kier alpha value is -0.480. The zero-order valence-corrected chi connectivity index (χ0v) is 10.4. The van der Waals surface area contributed by atoms with Gasteiger partial charge in [-0.15, -0.1) is 6.42 Å². The number of hydrogen-bond acceptors (Lipinski definition) is 1. The molecule has 1 nitrogen and oxygen atoms in total. The fourth-order valence-corrected chi connectivity index (χ4v) is 2.73. The summed E-state index contributed by atoms with van der Waals surface area (Å²) >= 11 is 0. The van der Waals surface area contributed by atoms with Gasteiger partial charge < -0.3 is 5.32 Å². The smallest absolute Gasteiger partial charge is 0.0715 e. The Labute approximate surface area is 95.0 Å².